The molecule has 2 N–H and O–H groups in total. The van der Waals surface area contributed by atoms with Gasteiger partial charge in [-0.05, 0) is 72.5 Å². The number of nitrogens with two attached hydrogens (primary N) is 1. The molecule has 3 aromatic carbocycles. The lowest BCUT2D eigenvalue weighted by atomic mass is 9.91. The summed E-state index contributed by atoms with van der Waals surface area (Å²) in [6, 6.07) is 16.0. The van der Waals surface area contributed by atoms with E-state index < -0.39 is 0 Å². The fourth-order valence-electron chi connectivity index (χ4n) is 4.50. The van der Waals surface area contributed by atoms with Crippen LogP contribution in [0.15, 0.2) is 52.9 Å². The fourth-order valence-corrected chi connectivity index (χ4v) is 6.21. The largest absolute Gasteiger partial charge is 0.497 e. The number of rotatable bonds is 7. The van der Waals surface area contributed by atoms with Crippen LogP contribution >= 0.6 is 34.5 Å². The van der Waals surface area contributed by atoms with Crippen LogP contribution in [-0.2, 0) is 6.42 Å². The maximum atomic E-state index is 6.89. The number of aryl methyl sites for hydroxylation is 1. The Bertz CT molecular complexity index is 1440. The Balaban J connectivity index is 1.78. The van der Waals surface area contributed by atoms with Crippen molar-refractivity contribution in [1.29, 1.82) is 0 Å². The van der Waals surface area contributed by atoms with Gasteiger partial charge in [0.15, 0.2) is 0 Å². The van der Waals surface area contributed by atoms with Crippen LogP contribution in [0.25, 0.3) is 43.3 Å². The number of unbranched alkanes of at least 4 members (excludes halogenated alkanes) is 1. The first-order chi connectivity index (χ1) is 16.9. The van der Waals surface area contributed by atoms with E-state index in [-0.39, 0.29) is 0 Å². The van der Waals surface area contributed by atoms with Gasteiger partial charge < -0.3 is 19.6 Å². The summed E-state index contributed by atoms with van der Waals surface area (Å²) >= 11 is 15.0. The molecule has 0 saturated heterocycles. The first-order valence-corrected chi connectivity index (χ1v) is 13.0. The normalized spacial score (nSPS) is 11.5. The van der Waals surface area contributed by atoms with Crippen molar-refractivity contribution in [2.24, 2.45) is 0 Å². The van der Waals surface area contributed by atoms with Gasteiger partial charge in [-0.2, -0.15) is 0 Å². The van der Waals surface area contributed by atoms with Crippen LogP contribution in [0.3, 0.4) is 0 Å². The van der Waals surface area contributed by atoms with Crippen LogP contribution in [-0.4, -0.2) is 14.2 Å². The second-order valence-electron chi connectivity index (χ2n) is 8.43. The molecule has 0 aliphatic carbocycles. The van der Waals surface area contributed by atoms with Crippen molar-refractivity contribution in [2.45, 2.75) is 26.2 Å². The minimum absolute atomic E-state index is 0.296. The molecule has 0 fully saturated rings. The Hall–Kier alpha value is -2.86. The minimum Gasteiger partial charge on any atom is -0.497 e. The number of halogens is 2. The summed E-state index contributed by atoms with van der Waals surface area (Å²) in [6.07, 6.45) is 3.08. The standard InChI is InChI=1S/C28H25Cl2NO3S/c1-4-5-6-15-11-20(24-18-9-7-16(32-2)13-22(18)34-27(24)29)26(31)21(12-15)25-19-10-8-17(33-3)14-23(19)35-28(25)30/h7-14H,4-6,31H2,1-3H3. The van der Waals surface area contributed by atoms with E-state index in [0.29, 0.717) is 26.6 Å². The third kappa shape index (κ3) is 4.22. The molecular weight excluding hydrogens is 501 g/mol. The molecule has 0 unspecified atom stereocenters. The predicted molar refractivity (Wildman–Crippen MR) is 149 cm³/mol. The molecular formula is C28H25Cl2NO3S. The van der Waals surface area contributed by atoms with Crippen molar-refractivity contribution in [3.05, 3.63) is 63.7 Å². The highest BCUT2D eigenvalue weighted by Gasteiger charge is 2.23. The summed E-state index contributed by atoms with van der Waals surface area (Å²) in [5.41, 5.74) is 12.8. The fraction of sp³-hybridized carbons (Fsp3) is 0.214. The predicted octanol–water partition coefficient (Wildman–Crippen LogP) is 9.23. The van der Waals surface area contributed by atoms with Crippen molar-refractivity contribution >= 4 is 61.3 Å². The molecule has 0 saturated carbocycles. The average Bonchev–Trinajstić information content (AvgIpc) is 3.37. The van der Waals surface area contributed by atoms with E-state index in [1.165, 1.54) is 16.9 Å². The third-order valence-corrected chi connectivity index (χ3v) is 7.93. The molecule has 4 nitrogen and oxygen atoms in total. The van der Waals surface area contributed by atoms with Crippen molar-refractivity contribution in [3.8, 4) is 33.8 Å². The SMILES string of the molecule is CCCCc1cc(-c2c(Cl)oc3cc(OC)ccc23)c(N)c(-c2c(Cl)sc3cc(OC)ccc23)c1. The maximum Gasteiger partial charge on any atom is 0.202 e. The molecule has 5 rings (SSSR count). The number of furan rings is 1. The van der Waals surface area contributed by atoms with Gasteiger partial charge in [0.1, 0.15) is 21.4 Å². The third-order valence-electron chi connectivity index (χ3n) is 6.31. The van der Waals surface area contributed by atoms with E-state index in [1.807, 2.05) is 36.4 Å². The highest BCUT2D eigenvalue weighted by atomic mass is 35.5. The van der Waals surface area contributed by atoms with Gasteiger partial charge in [-0.1, -0.05) is 24.9 Å². The first kappa shape index (κ1) is 23.9. The number of fused-ring (bicyclic) bond motifs is 2. The van der Waals surface area contributed by atoms with Crippen molar-refractivity contribution < 1.29 is 13.9 Å². The molecule has 2 aromatic heterocycles. The molecule has 0 bridgehead atoms. The number of hydrogen-bond donors (Lipinski definition) is 1. The Kier molecular flexibility index (Phi) is 6.58. The Morgan fingerprint density at radius 3 is 2.23 bits per heavy atom. The first-order valence-electron chi connectivity index (χ1n) is 11.4. The molecule has 0 radical (unpaired) electrons. The number of nitrogen functional groups attached to an aromatic ring is 1. The zero-order valence-electron chi connectivity index (χ0n) is 19.7. The van der Waals surface area contributed by atoms with E-state index in [4.69, 9.17) is 42.8 Å². The quantitative estimate of drug-likeness (QED) is 0.215. The van der Waals surface area contributed by atoms with Gasteiger partial charge in [-0.3, -0.25) is 0 Å². The lowest BCUT2D eigenvalue weighted by Crippen LogP contribution is -1.98. The second kappa shape index (κ2) is 9.65. The van der Waals surface area contributed by atoms with Crippen LogP contribution in [0, 0.1) is 0 Å². The van der Waals surface area contributed by atoms with Gasteiger partial charge in [0, 0.05) is 49.5 Å². The number of benzene rings is 3. The van der Waals surface area contributed by atoms with E-state index in [0.717, 1.165) is 62.7 Å². The maximum absolute atomic E-state index is 6.89. The summed E-state index contributed by atoms with van der Waals surface area (Å²) in [7, 11) is 3.28. The lowest BCUT2D eigenvalue weighted by molar-refractivity contribution is 0.414. The number of thiophene rings is 1. The molecule has 0 amide bonds. The van der Waals surface area contributed by atoms with Crippen molar-refractivity contribution in [3.63, 3.8) is 0 Å². The van der Waals surface area contributed by atoms with Gasteiger partial charge in [0.25, 0.3) is 0 Å². The van der Waals surface area contributed by atoms with E-state index >= 15 is 0 Å². The van der Waals surface area contributed by atoms with Crippen LogP contribution in [0.2, 0.25) is 9.56 Å². The monoisotopic (exact) mass is 525 g/mol. The Morgan fingerprint density at radius 1 is 0.886 bits per heavy atom. The molecule has 180 valence electrons. The van der Waals surface area contributed by atoms with Gasteiger partial charge in [0.2, 0.25) is 5.22 Å². The number of hydrogen-bond acceptors (Lipinski definition) is 5. The van der Waals surface area contributed by atoms with E-state index in [1.54, 1.807) is 14.2 Å². The summed E-state index contributed by atoms with van der Waals surface area (Å²) in [5.74, 6) is 1.49. The van der Waals surface area contributed by atoms with E-state index in [9.17, 15) is 0 Å². The Labute approximate surface area is 218 Å². The smallest absolute Gasteiger partial charge is 0.202 e. The van der Waals surface area contributed by atoms with Gasteiger partial charge >= 0.3 is 0 Å². The molecule has 7 heteroatoms. The summed E-state index contributed by atoms with van der Waals surface area (Å²) < 4.78 is 18.4. The van der Waals surface area contributed by atoms with Crippen molar-refractivity contribution in [2.75, 3.05) is 20.0 Å². The van der Waals surface area contributed by atoms with E-state index in [2.05, 4.69) is 19.1 Å². The zero-order chi connectivity index (χ0) is 24.7. The number of methoxy groups -OCH3 is 2. The van der Waals surface area contributed by atoms with Gasteiger partial charge in [-0.15, -0.1) is 11.3 Å². The number of anilines is 1. The molecule has 0 spiro atoms. The summed E-state index contributed by atoms with van der Waals surface area (Å²) in [6.45, 7) is 2.18. The highest BCUT2D eigenvalue weighted by molar-refractivity contribution is 7.23. The van der Waals surface area contributed by atoms with Crippen molar-refractivity contribution in [1.82, 2.24) is 0 Å². The highest BCUT2D eigenvalue weighted by Crippen LogP contribution is 2.49. The average molecular weight is 526 g/mol. The van der Waals surface area contributed by atoms with Crippen LogP contribution in [0.1, 0.15) is 25.3 Å². The molecule has 5 aromatic rings. The minimum atomic E-state index is 0.296. The molecule has 0 aliphatic rings. The van der Waals surface area contributed by atoms with Crippen LogP contribution in [0.4, 0.5) is 5.69 Å². The molecule has 0 atom stereocenters. The summed E-state index contributed by atoms with van der Waals surface area (Å²) in [4.78, 5) is 0. The second-order valence-corrected chi connectivity index (χ2v) is 10.4. The summed E-state index contributed by atoms with van der Waals surface area (Å²) in [5, 5.41) is 2.22. The molecule has 0 aliphatic heterocycles. The Morgan fingerprint density at radius 2 is 1.54 bits per heavy atom. The number of ether oxygens (including phenoxy) is 2. The zero-order valence-corrected chi connectivity index (χ0v) is 22.0. The van der Waals surface area contributed by atoms with Gasteiger partial charge in [0.05, 0.1) is 14.2 Å². The molecule has 35 heavy (non-hydrogen) atoms. The van der Waals surface area contributed by atoms with Crippen LogP contribution in [0.5, 0.6) is 11.5 Å². The lowest BCUT2D eigenvalue weighted by Gasteiger charge is -2.15. The van der Waals surface area contributed by atoms with Crippen LogP contribution < -0.4 is 15.2 Å². The van der Waals surface area contributed by atoms with Gasteiger partial charge in [-0.25, -0.2) is 0 Å². The topological polar surface area (TPSA) is 57.6 Å². The molecule has 2 heterocycles.